The van der Waals surface area contributed by atoms with Crippen molar-refractivity contribution in [1.82, 2.24) is 10.6 Å². The molecule has 0 aliphatic heterocycles. The molecule has 0 fully saturated rings. The van der Waals surface area contributed by atoms with Gasteiger partial charge in [0.1, 0.15) is 11.8 Å². The van der Waals surface area contributed by atoms with E-state index in [0.29, 0.717) is 13.0 Å². The first-order chi connectivity index (χ1) is 9.43. The Hall–Kier alpha value is -2.08. The number of amides is 2. The molecule has 0 heterocycles. The third kappa shape index (κ3) is 4.89. The molecule has 0 spiro atoms. The molecule has 110 valence electrons. The van der Waals surface area contributed by atoms with E-state index in [1.54, 1.807) is 19.1 Å². The number of hydrogen-bond acceptors (Lipinski definition) is 4. The molecule has 6 nitrogen and oxygen atoms in total. The van der Waals surface area contributed by atoms with Gasteiger partial charge >= 0.3 is 0 Å². The van der Waals surface area contributed by atoms with Crippen LogP contribution in [0.2, 0.25) is 0 Å². The third-order valence-corrected chi connectivity index (χ3v) is 2.83. The molecule has 20 heavy (non-hydrogen) atoms. The van der Waals surface area contributed by atoms with Crippen LogP contribution in [-0.2, 0) is 16.0 Å². The minimum atomic E-state index is -0.739. The zero-order chi connectivity index (χ0) is 15.1. The third-order valence-electron chi connectivity index (χ3n) is 2.83. The smallest absolute Gasteiger partial charge is 0.242 e. The van der Waals surface area contributed by atoms with Crippen LogP contribution in [-0.4, -0.2) is 35.5 Å². The van der Waals surface area contributed by atoms with Crippen LogP contribution in [0.5, 0.6) is 5.75 Å². The van der Waals surface area contributed by atoms with Crippen molar-refractivity contribution < 1.29 is 14.7 Å². The summed E-state index contributed by atoms with van der Waals surface area (Å²) in [7, 11) is 0. The second kappa shape index (κ2) is 7.49. The van der Waals surface area contributed by atoms with Crippen LogP contribution in [0, 0.1) is 0 Å². The van der Waals surface area contributed by atoms with Gasteiger partial charge in [-0.1, -0.05) is 12.1 Å². The molecule has 0 aliphatic rings. The summed E-state index contributed by atoms with van der Waals surface area (Å²) in [4.78, 5) is 23.4. The van der Waals surface area contributed by atoms with Gasteiger partial charge in [-0.25, -0.2) is 0 Å². The Balaban J connectivity index is 2.50. The molecule has 1 rings (SSSR count). The van der Waals surface area contributed by atoms with Gasteiger partial charge < -0.3 is 21.5 Å². The van der Waals surface area contributed by atoms with Crippen LogP contribution in [0.25, 0.3) is 0 Å². The van der Waals surface area contributed by atoms with Crippen molar-refractivity contribution in [3.8, 4) is 5.75 Å². The fourth-order valence-corrected chi connectivity index (χ4v) is 1.69. The average molecular weight is 279 g/mol. The van der Waals surface area contributed by atoms with Gasteiger partial charge in [0.2, 0.25) is 11.8 Å². The van der Waals surface area contributed by atoms with E-state index in [-0.39, 0.29) is 17.6 Å². The standard InChI is InChI=1S/C14H21N3O3/c1-3-16-13(19)9(2)17-14(20)12(15)8-10-4-6-11(18)7-5-10/h4-7,9,12,18H,3,8,15H2,1-2H3,(H,16,19)(H,17,20)/t9?,12-/m1/s1. The summed E-state index contributed by atoms with van der Waals surface area (Å²) in [6.45, 7) is 3.93. The van der Waals surface area contributed by atoms with Crippen LogP contribution < -0.4 is 16.4 Å². The molecule has 2 amide bonds. The lowest BCUT2D eigenvalue weighted by Gasteiger charge is -2.17. The highest BCUT2D eigenvalue weighted by molar-refractivity contribution is 5.89. The van der Waals surface area contributed by atoms with E-state index in [1.807, 2.05) is 6.92 Å². The van der Waals surface area contributed by atoms with Gasteiger partial charge in [-0.3, -0.25) is 9.59 Å². The number of carbonyl (C=O) groups excluding carboxylic acids is 2. The SMILES string of the molecule is CCNC(=O)C(C)NC(=O)[C@H](N)Cc1ccc(O)cc1. The molecule has 0 bridgehead atoms. The maximum Gasteiger partial charge on any atom is 0.242 e. The van der Waals surface area contributed by atoms with E-state index in [0.717, 1.165) is 5.56 Å². The minimum Gasteiger partial charge on any atom is -0.508 e. The molecule has 1 aromatic carbocycles. The lowest BCUT2D eigenvalue weighted by Crippen LogP contribution is -2.50. The topological polar surface area (TPSA) is 104 Å². The molecule has 1 unspecified atom stereocenters. The molecule has 0 radical (unpaired) electrons. The van der Waals surface area contributed by atoms with Crippen molar-refractivity contribution in [2.45, 2.75) is 32.4 Å². The molecule has 5 N–H and O–H groups in total. The Morgan fingerprint density at radius 2 is 1.85 bits per heavy atom. The predicted octanol–water partition coefficient (Wildman–Crippen LogP) is -0.0972. The molecule has 6 heteroatoms. The fraction of sp³-hybridized carbons (Fsp3) is 0.429. The number of nitrogens with two attached hydrogens (primary N) is 1. The van der Waals surface area contributed by atoms with E-state index >= 15 is 0 Å². The quantitative estimate of drug-likeness (QED) is 0.584. The highest BCUT2D eigenvalue weighted by Gasteiger charge is 2.19. The monoisotopic (exact) mass is 279 g/mol. The summed E-state index contributed by atoms with van der Waals surface area (Å²) >= 11 is 0. The highest BCUT2D eigenvalue weighted by atomic mass is 16.3. The second-order valence-electron chi connectivity index (χ2n) is 4.60. The van der Waals surface area contributed by atoms with Gasteiger partial charge in [0, 0.05) is 6.54 Å². The predicted molar refractivity (Wildman–Crippen MR) is 76.1 cm³/mol. The van der Waals surface area contributed by atoms with Crippen molar-refractivity contribution in [3.63, 3.8) is 0 Å². The number of aromatic hydroxyl groups is 1. The molecule has 0 saturated carbocycles. The number of likely N-dealkylation sites (N-methyl/N-ethyl adjacent to an activating group) is 1. The lowest BCUT2D eigenvalue weighted by atomic mass is 10.1. The van der Waals surface area contributed by atoms with Crippen molar-refractivity contribution in [2.24, 2.45) is 5.73 Å². The molecule has 0 aromatic heterocycles. The van der Waals surface area contributed by atoms with Crippen molar-refractivity contribution in [2.75, 3.05) is 6.54 Å². The zero-order valence-corrected chi connectivity index (χ0v) is 11.7. The minimum absolute atomic E-state index is 0.164. The number of nitrogens with one attached hydrogen (secondary N) is 2. The van der Waals surface area contributed by atoms with Crippen LogP contribution in [0.4, 0.5) is 0 Å². The molecular formula is C14H21N3O3. The van der Waals surface area contributed by atoms with Gasteiger partial charge in [-0.05, 0) is 38.0 Å². The first-order valence-corrected chi connectivity index (χ1v) is 6.55. The largest absolute Gasteiger partial charge is 0.508 e. The summed E-state index contributed by atoms with van der Waals surface area (Å²) in [5.74, 6) is -0.453. The van der Waals surface area contributed by atoms with E-state index in [1.165, 1.54) is 12.1 Å². The van der Waals surface area contributed by atoms with Crippen molar-refractivity contribution in [1.29, 1.82) is 0 Å². The number of phenolic OH excluding ortho intramolecular Hbond substituents is 1. The Kier molecular flexibility index (Phi) is 5.99. The second-order valence-corrected chi connectivity index (χ2v) is 4.60. The van der Waals surface area contributed by atoms with Gasteiger partial charge in [-0.2, -0.15) is 0 Å². The van der Waals surface area contributed by atoms with E-state index in [9.17, 15) is 14.7 Å². The first-order valence-electron chi connectivity index (χ1n) is 6.55. The van der Waals surface area contributed by atoms with Crippen LogP contribution in [0.3, 0.4) is 0 Å². The summed E-state index contributed by atoms with van der Waals surface area (Å²) in [6.07, 6.45) is 0.341. The van der Waals surface area contributed by atoms with E-state index in [2.05, 4.69) is 10.6 Å². The number of benzene rings is 1. The molecular weight excluding hydrogens is 258 g/mol. The Morgan fingerprint density at radius 3 is 2.40 bits per heavy atom. The fourth-order valence-electron chi connectivity index (χ4n) is 1.69. The molecule has 0 aliphatic carbocycles. The molecule has 2 atom stereocenters. The maximum atomic E-state index is 11.9. The average Bonchev–Trinajstić information content (AvgIpc) is 2.41. The summed E-state index contributed by atoms with van der Waals surface area (Å²) in [5.41, 5.74) is 6.65. The van der Waals surface area contributed by atoms with Crippen molar-refractivity contribution in [3.05, 3.63) is 29.8 Å². The maximum absolute atomic E-state index is 11.9. The van der Waals surface area contributed by atoms with Gasteiger partial charge in [0.05, 0.1) is 6.04 Å². The number of phenols is 1. The molecule has 1 aromatic rings. The first kappa shape index (κ1) is 16.0. The zero-order valence-electron chi connectivity index (χ0n) is 11.7. The number of rotatable bonds is 6. The Morgan fingerprint density at radius 1 is 1.25 bits per heavy atom. The highest BCUT2D eigenvalue weighted by Crippen LogP contribution is 2.10. The number of hydrogen-bond donors (Lipinski definition) is 4. The van der Waals surface area contributed by atoms with Crippen LogP contribution in [0.1, 0.15) is 19.4 Å². The van der Waals surface area contributed by atoms with E-state index < -0.39 is 12.1 Å². The van der Waals surface area contributed by atoms with Gasteiger partial charge in [0.25, 0.3) is 0 Å². The van der Waals surface area contributed by atoms with Crippen LogP contribution >= 0.6 is 0 Å². The van der Waals surface area contributed by atoms with E-state index in [4.69, 9.17) is 5.73 Å². The Bertz CT molecular complexity index is 459. The lowest BCUT2D eigenvalue weighted by molar-refractivity contribution is -0.129. The van der Waals surface area contributed by atoms with Crippen LogP contribution in [0.15, 0.2) is 24.3 Å². The molecule has 0 saturated heterocycles. The normalized spacial score (nSPS) is 13.3. The van der Waals surface area contributed by atoms with Gasteiger partial charge in [0.15, 0.2) is 0 Å². The van der Waals surface area contributed by atoms with Gasteiger partial charge in [-0.15, -0.1) is 0 Å². The summed E-state index contributed by atoms with van der Waals surface area (Å²) in [5, 5.41) is 14.4. The number of carbonyl (C=O) groups is 2. The van der Waals surface area contributed by atoms with Crippen molar-refractivity contribution >= 4 is 11.8 Å². The summed E-state index contributed by atoms with van der Waals surface area (Å²) < 4.78 is 0. The summed E-state index contributed by atoms with van der Waals surface area (Å²) in [6, 6.07) is 5.13. The Labute approximate surface area is 118 Å².